The maximum absolute atomic E-state index is 5.68. The van der Waals surface area contributed by atoms with E-state index in [-0.39, 0.29) is 18.0 Å². The van der Waals surface area contributed by atoms with Gasteiger partial charge >= 0.3 is 6.01 Å². The predicted octanol–water partition coefficient (Wildman–Crippen LogP) is 3.18. The summed E-state index contributed by atoms with van der Waals surface area (Å²) in [7, 11) is 0. The van der Waals surface area contributed by atoms with Crippen molar-refractivity contribution in [1.29, 1.82) is 0 Å². The molecule has 1 heterocycles. The van der Waals surface area contributed by atoms with E-state index in [1.807, 2.05) is 38.1 Å². The zero-order valence-electron chi connectivity index (χ0n) is 12.0. The fraction of sp³-hybridized carbons (Fsp3) is 0.357. The van der Waals surface area contributed by atoms with Gasteiger partial charge in [0.05, 0.1) is 12.6 Å². The standard InChI is InChI=1S/C14H18BrN5O/c1-3-8-21-14-19-12(16)18-13(20-14)17-9(2)10-4-6-11(15)7-5-10/h4-7,9H,3,8H2,1-2H3,(H3,16,17,18,19,20). The number of nitrogen functional groups attached to an aromatic ring is 1. The van der Waals surface area contributed by atoms with Crippen LogP contribution in [0.5, 0.6) is 6.01 Å². The molecule has 0 saturated heterocycles. The highest BCUT2D eigenvalue weighted by Crippen LogP contribution is 2.20. The molecule has 0 spiro atoms. The van der Waals surface area contributed by atoms with Gasteiger partial charge in [0.1, 0.15) is 0 Å². The second kappa shape index (κ2) is 7.21. The summed E-state index contributed by atoms with van der Waals surface area (Å²) in [4.78, 5) is 12.2. The molecule has 0 aliphatic rings. The van der Waals surface area contributed by atoms with Crippen LogP contribution in [0, 0.1) is 0 Å². The Morgan fingerprint density at radius 1 is 1.24 bits per heavy atom. The highest BCUT2D eigenvalue weighted by molar-refractivity contribution is 9.10. The van der Waals surface area contributed by atoms with Crippen LogP contribution in [-0.4, -0.2) is 21.6 Å². The first kappa shape index (κ1) is 15.5. The van der Waals surface area contributed by atoms with Crippen molar-refractivity contribution in [1.82, 2.24) is 15.0 Å². The van der Waals surface area contributed by atoms with Crippen molar-refractivity contribution in [2.75, 3.05) is 17.7 Å². The molecule has 0 aliphatic carbocycles. The van der Waals surface area contributed by atoms with Crippen molar-refractivity contribution >= 4 is 27.8 Å². The molecular formula is C14H18BrN5O. The van der Waals surface area contributed by atoms with E-state index in [2.05, 4.69) is 36.2 Å². The molecule has 0 aliphatic heterocycles. The minimum absolute atomic E-state index is 0.0407. The fourth-order valence-electron chi connectivity index (χ4n) is 1.72. The summed E-state index contributed by atoms with van der Waals surface area (Å²) in [6, 6.07) is 8.33. The first-order valence-corrected chi connectivity index (χ1v) is 7.54. The Bertz CT molecular complexity index is 590. The lowest BCUT2D eigenvalue weighted by Crippen LogP contribution is -2.12. The summed E-state index contributed by atoms with van der Waals surface area (Å²) < 4.78 is 6.43. The highest BCUT2D eigenvalue weighted by Gasteiger charge is 2.10. The van der Waals surface area contributed by atoms with Gasteiger partial charge in [-0.25, -0.2) is 0 Å². The van der Waals surface area contributed by atoms with Crippen LogP contribution in [0.15, 0.2) is 28.7 Å². The Balaban J connectivity index is 2.10. The van der Waals surface area contributed by atoms with Gasteiger partial charge in [-0.3, -0.25) is 0 Å². The van der Waals surface area contributed by atoms with Gasteiger partial charge in [-0.05, 0) is 31.0 Å². The zero-order chi connectivity index (χ0) is 15.2. The topological polar surface area (TPSA) is 86.0 Å². The van der Waals surface area contributed by atoms with Crippen LogP contribution in [0.3, 0.4) is 0 Å². The number of anilines is 2. The Morgan fingerprint density at radius 2 is 1.95 bits per heavy atom. The Morgan fingerprint density at radius 3 is 2.62 bits per heavy atom. The zero-order valence-corrected chi connectivity index (χ0v) is 13.6. The number of hydrogen-bond acceptors (Lipinski definition) is 6. The monoisotopic (exact) mass is 351 g/mol. The van der Waals surface area contributed by atoms with E-state index in [1.165, 1.54) is 0 Å². The van der Waals surface area contributed by atoms with E-state index in [9.17, 15) is 0 Å². The number of rotatable bonds is 6. The average Bonchev–Trinajstić information content (AvgIpc) is 2.45. The van der Waals surface area contributed by atoms with Crippen LogP contribution >= 0.6 is 15.9 Å². The van der Waals surface area contributed by atoms with Gasteiger partial charge in [0.15, 0.2) is 0 Å². The summed E-state index contributed by atoms with van der Waals surface area (Å²) in [5, 5.41) is 3.20. The molecule has 7 heteroatoms. The van der Waals surface area contributed by atoms with Gasteiger partial charge in [0, 0.05) is 4.47 Å². The molecule has 0 saturated carbocycles. The maximum Gasteiger partial charge on any atom is 0.323 e. The van der Waals surface area contributed by atoms with Crippen molar-refractivity contribution in [3.8, 4) is 6.01 Å². The van der Waals surface area contributed by atoms with Crippen LogP contribution in [0.1, 0.15) is 31.9 Å². The quantitative estimate of drug-likeness (QED) is 0.831. The fourth-order valence-corrected chi connectivity index (χ4v) is 1.99. The second-order valence-corrected chi connectivity index (χ2v) is 5.48. The molecule has 6 nitrogen and oxygen atoms in total. The SMILES string of the molecule is CCCOc1nc(N)nc(NC(C)c2ccc(Br)cc2)n1. The van der Waals surface area contributed by atoms with Crippen molar-refractivity contribution in [3.05, 3.63) is 34.3 Å². The van der Waals surface area contributed by atoms with Crippen LogP contribution in [-0.2, 0) is 0 Å². The van der Waals surface area contributed by atoms with Crippen LogP contribution in [0.2, 0.25) is 0 Å². The Hall–Kier alpha value is -1.89. The van der Waals surface area contributed by atoms with E-state index in [1.54, 1.807) is 0 Å². The van der Waals surface area contributed by atoms with Crippen molar-refractivity contribution in [3.63, 3.8) is 0 Å². The molecule has 21 heavy (non-hydrogen) atoms. The lowest BCUT2D eigenvalue weighted by Gasteiger charge is -2.15. The smallest absolute Gasteiger partial charge is 0.323 e. The number of halogens is 1. The summed E-state index contributed by atoms with van der Waals surface area (Å²) in [5.41, 5.74) is 6.80. The number of nitrogens with one attached hydrogen (secondary N) is 1. The second-order valence-electron chi connectivity index (χ2n) is 4.57. The van der Waals surface area contributed by atoms with Gasteiger partial charge in [0.25, 0.3) is 0 Å². The van der Waals surface area contributed by atoms with Gasteiger partial charge in [-0.15, -0.1) is 0 Å². The van der Waals surface area contributed by atoms with Gasteiger partial charge < -0.3 is 15.8 Å². The molecule has 1 aromatic heterocycles. The normalized spacial score (nSPS) is 12.0. The van der Waals surface area contributed by atoms with Crippen molar-refractivity contribution in [2.24, 2.45) is 0 Å². The van der Waals surface area contributed by atoms with Crippen molar-refractivity contribution in [2.45, 2.75) is 26.3 Å². The van der Waals surface area contributed by atoms with E-state index >= 15 is 0 Å². The molecule has 1 unspecified atom stereocenters. The largest absolute Gasteiger partial charge is 0.463 e. The molecular weight excluding hydrogens is 334 g/mol. The summed E-state index contributed by atoms with van der Waals surface area (Å²) in [6.07, 6.45) is 0.879. The molecule has 3 N–H and O–H groups in total. The molecule has 0 amide bonds. The van der Waals surface area contributed by atoms with Gasteiger partial charge in [0.2, 0.25) is 11.9 Å². The number of ether oxygens (including phenoxy) is 1. The lowest BCUT2D eigenvalue weighted by molar-refractivity contribution is 0.292. The molecule has 1 atom stereocenters. The van der Waals surface area contributed by atoms with E-state index < -0.39 is 0 Å². The molecule has 2 aromatic rings. The van der Waals surface area contributed by atoms with E-state index in [4.69, 9.17) is 10.5 Å². The third-order valence-electron chi connectivity index (χ3n) is 2.78. The van der Waals surface area contributed by atoms with Crippen molar-refractivity contribution < 1.29 is 4.74 Å². The molecule has 1 aromatic carbocycles. The summed E-state index contributed by atoms with van der Waals surface area (Å²) in [6.45, 7) is 4.58. The number of aromatic nitrogens is 3. The van der Waals surface area contributed by atoms with Crippen LogP contribution in [0.25, 0.3) is 0 Å². The number of benzene rings is 1. The molecule has 112 valence electrons. The first-order chi connectivity index (χ1) is 10.1. The summed E-state index contributed by atoms with van der Waals surface area (Å²) in [5.74, 6) is 0.547. The van der Waals surface area contributed by atoms with Gasteiger partial charge in [-0.1, -0.05) is 35.0 Å². The van der Waals surface area contributed by atoms with Gasteiger partial charge in [-0.2, -0.15) is 15.0 Å². The molecule has 0 radical (unpaired) electrons. The molecule has 0 fully saturated rings. The third kappa shape index (κ3) is 4.56. The van der Waals surface area contributed by atoms with Crippen LogP contribution < -0.4 is 15.8 Å². The van der Waals surface area contributed by atoms with E-state index in [0.29, 0.717) is 12.6 Å². The highest BCUT2D eigenvalue weighted by atomic mass is 79.9. The Labute approximate surface area is 132 Å². The lowest BCUT2D eigenvalue weighted by atomic mass is 10.1. The number of nitrogens with two attached hydrogens (primary N) is 1. The average molecular weight is 352 g/mol. The molecule has 0 bridgehead atoms. The maximum atomic E-state index is 5.68. The Kier molecular flexibility index (Phi) is 5.32. The minimum atomic E-state index is 0.0407. The number of hydrogen-bond donors (Lipinski definition) is 2. The third-order valence-corrected chi connectivity index (χ3v) is 3.31. The summed E-state index contributed by atoms with van der Waals surface area (Å²) >= 11 is 3.42. The first-order valence-electron chi connectivity index (χ1n) is 6.75. The minimum Gasteiger partial charge on any atom is -0.463 e. The molecule has 2 rings (SSSR count). The predicted molar refractivity (Wildman–Crippen MR) is 86.2 cm³/mol. The number of nitrogens with zero attached hydrogens (tertiary/aromatic N) is 3. The van der Waals surface area contributed by atoms with E-state index in [0.717, 1.165) is 16.5 Å². The van der Waals surface area contributed by atoms with Crippen LogP contribution in [0.4, 0.5) is 11.9 Å².